The molecular weight excluding hydrogens is 302 g/mol. The van der Waals surface area contributed by atoms with Crippen LogP contribution in [0.4, 0.5) is 0 Å². The van der Waals surface area contributed by atoms with Gasteiger partial charge in [0.2, 0.25) is 5.13 Å². The highest BCUT2D eigenvalue weighted by Crippen LogP contribution is 2.38. The van der Waals surface area contributed by atoms with Crippen molar-refractivity contribution in [2.45, 2.75) is 18.8 Å². The number of para-hydroxylation sites is 1. The zero-order valence-corrected chi connectivity index (χ0v) is 13.3. The summed E-state index contributed by atoms with van der Waals surface area (Å²) >= 11 is 1.68. The predicted octanol–water partition coefficient (Wildman–Crippen LogP) is 4.56. The third-order valence-corrected chi connectivity index (χ3v) is 5.64. The molecule has 23 heavy (non-hydrogen) atoms. The van der Waals surface area contributed by atoms with E-state index in [1.54, 1.807) is 11.3 Å². The minimum atomic E-state index is 0.467. The smallest absolute Gasteiger partial charge is 0.211 e. The molecule has 0 N–H and O–H groups in total. The molecule has 2 aromatic carbocycles. The molecule has 0 radical (unpaired) electrons. The van der Waals surface area contributed by atoms with Crippen LogP contribution in [0.5, 0.6) is 0 Å². The van der Waals surface area contributed by atoms with Crippen molar-refractivity contribution in [3.63, 3.8) is 0 Å². The fourth-order valence-corrected chi connectivity index (χ4v) is 4.38. The molecule has 2 aromatic heterocycles. The Morgan fingerprint density at radius 2 is 1.91 bits per heavy atom. The lowest BCUT2D eigenvalue weighted by atomic mass is 9.96. The summed E-state index contributed by atoms with van der Waals surface area (Å²) in [6.07, 6.45) is 6.47. The fraction of sp³-hybridized carbons (Fsp3) is 0.158. The highest BCUT2D eigenvalue weighted by atomic mass is 32.1. The lowest BCUT2D eigenvalue weighted by Gasteiger charge is -2.08. The molecular formula is C19H15N3S. The van der Waals surface area contributed by atoms with Gasteiger partial charge >= 0.3 is 0 Å². The Balaban J connectivity index is 1.54. The van der Waals surface area contributed by atoms with Crippen LogP contribution in [-0.4, -0.2) is 14.8 Å². The molecule has 0 amide bonds. The van der Waals surface area contributed by atoms with Crippen molar-refractivity contribution in [3.8, 4) is 5.13 Å². The van der Waals surface area contributed by atoms with Crippen LogP contribution in [0.25, 0.3) is 15.3 Å². The Morgan fingerprint density at radius 3 is 2.87 bits per heavy atom. The number of fused-ring (bicyclic) bond motifs is 2. The molecule has 112 valence electrons. The van der Waals surface area contributed by atoms with Crippen molar-refractivity contribution >= 4 is 21.6 Å². The van der Waals surface area contributed by atoms with E-state index in [1.807, 2.05) is 29.1 Å². The van der Waals surface area contributed by atoms with Gasteiger partial charge in [0.1, 0.15) is 0 Å². The minimum Gasteiger partial charge on any atom is -0.218 e. The summed E-state index contributed by atoms with van der Waals surface area (Å²) in [5.41, 5.74) is 5.26. The molecule has 0 bridgehead atoms. The second-order valence-corrected chi connectivity index (χ2v) is 6.98. The molecule has 1 atom stereocenters. The Hall–Kier alpha value is -2.46. The first-order valence-corrected chi connectivity index (χ1v) is 8.68. The Morgan fingerprint density at radius 1 is 1.04 bits per heavy atom. The van der Waals surface area contributed by atoms with E-state index in [1.165, 1.54) is 27.8 Å². The zero-order chi connectivity index (χ0) is 15.2. The molecule has 1 unspecified atom stereocenters. The highest BCUT2D eigenvalue weighted by molar-refractivity contribution is 7.20. The van der Waals surface area contributed by atoms with E-state index < -0.39 is 0 Å². The van der Waals surface area contributed by atoms with E-state index in [-0.39, 0.29) is 0 Å². The van der Waals surface area contributed by atoms with Gasteiger partial charge in [0.25, 0.3) is 0 Å². The summed E-state index contributed by atoms with van der Waals surface area (Å²) in [5.74, 6) is 0.467. The normalized spacial score (nSPS) is 16.8. The quantitative estimate of drug-likeness (QED) is 0.542. The third-order valence-electron chi connectivity index (χ3n) is 4.62. The van der Waals surface area contributed by atoms with Crippen LogP contribution in [0.15, 0.2) is 60.9 Å². The van der Waals surface area contributed by atoms with Gasteiger partial charge in [-0.15, -0.1) is 0 Å². The molecule has 0 spiro atoms. The number of aryl methyl sites for hydroxylation is 1. The van der Waals surface area contributed by atoms with Crippen LogP contribution in [-0.2, 0) is 6.42 Å². The van der Waals surface area contributed by atoms with E-state index in [4.69, 9.17) is 0 Å². The molecule has 5 rings (SSSR count). The van der Waals surface area contributed by atoms with Crippen molar-refractivity contribution in [1.29, 1.82) is 0 Å². The zero-order valence-electron chi connectivity index (χ0n) is 12.5. The summed E-state index contributed by atoms with van der Waals surface area (Å²) < 4.78 is 3.12. The molecule has 0 saturated heterocycles. The minimum absolute atomic E-state index is 0.467. The molecule has 1 aliphatic carbocycles. The van der Waals surface area contributed by atoms with Crippen molar-refractivity contribution in [2.24, 2.45) is 0 Å². The molecule has 0 aliphatic heterocycles. The van der Waals surface area contributed by atoms with Crippen LogP contribution in [0.2, 0.25) is 0 Å². The Kier molecular flexibility index (Phi) is 2.85. The molecule has 0 fully saturated rings. The third kappa shape index (κ3) is 2.10. The van der Waals surface area contributed by atoms with Gasteiger partial charge in [0.15, 0.2) is 0 Å². The van der Waals surface area contributed by atoms with Gasteiger partial charge in [-0.25, -0.2) is 9.67 Å². The Bertz CT molecular complexity index is 965. The van der Waals surface area contributed by atoms with Crippen molar-refractivity contribution in [3.05, 3.63) is 77.6 Å². The molecule has 4 heteroatoms. The standard InChI is InChI=1S/C19H15N3S/c1-2-6-15-13(5-1)9-10-16(15)14-11-20-22(12-14)19-21-17-7-3-4-8-18(17)23-19/h1-8,11-12,16H,9-10H2. The summed E-state index contributed by atoms with van der Waals surface area (Å²) in [6, 6.07) is 17.0. The molecule has 2 heterocycles. The maximum atomic E-state index is 4.69. The summed E-state index contributed by atoms with van der Waals surface area (Å²) in [4.78, 5) is 4.69. The number of hydrogen-bond donors (Lipinski definition) is 0. The van der Waals surface area contributed by atoms with E-state index >= 15 is 0 Å². The van der Waals surface area contributed by atoms with Crippen molar-refractivity contribution in [2.75, 3.05) is 0 Å². The number of hydrogen-bond acceptors (Lipinski definition) is 3. The van der Waals surface area contributed by atoms with Crippen LogP contribution >= 0.6 is 11.3 Å². The topological polar surface area (TPSA) is 30.7 Å². The van der Waals surface area contributed by atoms with E-state index in [9.17, 15) is 0 Å². The van der Waals surface area contributed by atoms with E-state index in [0.29, 0.717) is 5.92 Å². The van der Waals surface area contributed by atoms with E-state index in [0.717, 1.165) is 17.1 Å². The monoisotopic (exact) mass is 317 g/mol. The molecule has 0 saturated carbocycles. The largest absolute Gasteiger partial charge is 0.218 e. The second-order valence-electron chi connectivity index (χ2n) is 5.97. The molecule has 1 aliphatic rings. The number of nitrogens with zero attached hydrogens (tertiary/aromatic N) is 3. The van der Waals surface area contributed by atoms with Crippen LogP contribution < -0.4 is 0 Å². The Labute approximate surface area is 138 Å². The number of thiazole rings is 1. The van der Waals surface area contributed by atoms with Crippen LogP contribution in [0.1, 0.15) is 29.0 Å². The van der Waals surface area contributed by atoms with Crippen molar-refractivity contribution < 1.29 is 0 Å². The summed E-state index contributed by atoms with van der Waals surface area (Å²) in [5, 5.41) is 5.50. The van der Waals surface area contributed by atoms with Gasteiger partial charge in [-0.3, -0.25) is 0 Å². The second kappa shape index (κ2) is 5.03. The highest BCUT2D eigenvalue weighted by Gasteiger charge is 2.24. The lowest BCUT2D eigenvalue weighted by Crippen LogP contribution is -1.95. The van der Waals surface area contributed by atoms with Gasteiger partial charge < -0.3 is 0 Å². The van der Waals surface area contributed by atoms with Crippen molar-refractivity contribution in [1.82, 2.24) is 14.8 Å². The van der Waals surface area contributed by atoms with Gasteiger partial charge in [0.05, 0.1) is 16.4 Å². The van der Waals surface area contributed by atoms with Gasteiger partial charge in [-0.05, 0) is 41.7 Å². The molecule has 4 aromatic rings. The summed E-state index contributed by atoms with van der Waals surface area (Å²) in [7, 11) is 0. The van der Waals surface area contributed by atoms with Crippen LogP contribution in [0, 0.1) is 0 Å². The van der Waals surface area contributed by atoms with Gasteiger partial charge in [0, 0.05) is 12.1 Å². The maximum absolute atomic E-state index is 4.69. The SMILES string of the molecule is c1ccc2c(c1)CCC2c1cnn(-c2nc3ccccc3s2)c1. The average molecular weight is 317 g/mol. The van der Waals surface area contributed by atoms with Gasteiger partial charge in [-0.2, -0.15) is 5.10 Å². The maximum Gasteiger partial charge on any atom is 0.211 e. The number of aromatic nitrogens is 3. The fourth-order valence-electron chi connectivity index (χ4n) is 3.48. The first-order chi connectivity index (χ1) is 11.4. The van der Waals surface area contributed by atoms with Crippen LogP contribution in [0.3, 0.4) is 0 Å². The average Bonchev–Trinajstić information content (AvgIpc) is 3.31. The number of rotatable bonds is 2. The first kappa shape index (κ1) is 13.0. The van der Waals surface area contributed by atoms with E-state index in [2.05, 4.69) is 46.6 Å². The number of benzene rings is 2. The lowest BCUT2D eigenvalue weighted by molar-refractivity contribution is 0.787. The first-order valence-electron chi connectivity index (χ1n) is 7.87. The van der Waals surface area contributed by atoms with Gasteiger partial charge in [-0.1, -0.05) is 47.7 Å². The summed E-state index contributed by atoms with van der Waals surface area (Å²) in [6.45, 7) is 0. The predicted molar refractivity (Wildman–Crippen MR) is 93.3 cm³/mol. The molecule has 3 nitrogen and oxygen atoms in total.